The number of esters is 1. The number of hydrogen-bond acceptors (Lipinski definition) is 4. The highest BCUT2D eigenvalue weighted by Gasteiger charge is 2.07. The third kappa shape index (κ3) is 4.68. The highest BCUT2D eigenvalue weighted by atomic mass is 16.5. The van der Waals surface area contributed by atoms with Gasteiger partial charge < -0.3 is 14.9 Å². The molecule has 0 heterocycles. The van der Waals surface area contributed by atoms with Gasteiger partial charge in [-0.05, 0) is 24.6 Å². The van der Waals surface area contributed by atoms with Crippen molar-refractivity contribution in [2.24, 2.45) is 0 Å². The summed E-state index contributed by atoms with van der Waals surface area (Å²) in [4.78, 5) is 11.2. The summed E-state index contributed by atoms with van der Waals surface area (Å²) in [7, 11) is 1.60. The number of nitrogens with one attached hydrogen (secondary N) is 1. The Morgan fingerprint density at radius 1 is 1.41 bits per heavy atom. The minimum atomic E-state index is -0.347. The molecule has 4 nitrogen and oxygen atoms in total. The minimum absolute atomic E-state index is 0.0467. The number of hydrogen-bond donors (Lipinski definition) is 1. The molecule has 1 aromatic carbocycles. The van der Waals surface area contributed by atoms with Gasteiger partial charge in [0.15, 0.2) is 0 Å². The lowest BCUT2D eigenvalue weighted by Gasteiger charge is -2.06. The number of carbonyl (C=O) groups is 1. The minimum Gasteiger partial charge on any atom is -0.497 e. The predicted molar refractivity (Wildman–Crippen MR) is 65.7 cm³/mol. The Bertz CT molecular complexity index is 401. The average molecular weight is 235 g/mol. The van der Waals surface area contributed by atoms with Crippen molar-refractivity contribution in [1.29, 1.82) is 5.41 Å². The Hall–Kier alpha value is -1.84. The molecule has 0 atom stereocenters. The van der Waals surface area contributed by atoms with Crippen molar-refractivity contribution in [3.63, 3.8) is 0 Å². The number of rotatable bonds is 6. The quantitative estimate of drug-likeness (QED) is 0.607. The van der Waals surface area contributed by atoms with Gasteiger partial charge in [-0.25, -0.2) is 0 Å². The van der Waals surface area contributed by atoms with E-state index in [9.17, 15) is 4.79 Å². The Labute approximate surface area is 101 Å². The van der Waals surface area contributed by atoms with E-state index >= 15 is 0 Å². The van der Waals surface area contributed by atoms with Crippen molar-refractivity contribution < 1.29 is 14.3 Å². The zero-order valence-electron chi connectivity index (χ0n) is 10.2. The van der Waals surface area contributed by atoms with Crippen LogP contribution in [0.1, 0.15) is 18.9 Å². The third-order valence-electron chi connectivity index (χ3n) is 2.21. The van der Waals surface area contributed by atoms with Crippen molar-refractivity contribution >= 4 is 11.7 Å². The first-order valence-corrected chi connectivity index (χ1v) is 5.50. The third-order valence-corrected chi connectivity index (χ3v) is 2.21. The first kappa shape index (κ1) is 13.2. The molecule has 0 unspecified atom stereocenters. The molecule has 1 N–H and O–H groups in total. The van der Waals surface area contributed by atoms with Gasteiger partial charge in [0.25, 0.3) is 0 Å². The molecule has 4 heteroatoms. The smallest absolute Gasteiger partial charge is 0.311 e. The second-order valence-corrected chi connectivity index (χ2v) is 3.61. The fraction of sp³-hybridized carbons (Fsp3) is 0.385. The van der Waals surface area contributed by atoms with Gasteiger partial charge >= 0.3 is 5.97 Å². The van der Waals surface area contributed by atoms with E-state index in [-0.39, 0.29) is 12.4 Å². The van der Waals surface area contributed by atoms with Crippen LogP contribution in [-0.4, -0.2) is 25.4 Å². The van der Waals surface area contributed by atoms with Crippen molar-refractivity contribution in [2.75, 3.05) is 13.7 Å². The maximum atomic E-state index is 11.2. The first-order chi connectivity index (χ1) is 8.15. The molecular formula is C13H17NO3. The topological polar surface area (TPSA) is 59.4 Å². The molecule has 1 rings (SSSR count). The predicted octanol–water partition coefficient (Wildman–Crippen LogP) is 2.21. The highest BCUT2D eigenvalue weighted by molar-refractivity contribution is 5.98. The van der Waals surface area contributed by atoms with Gasteiger partial charge in [-0.2, -0.15) is 0 Å². The number of benzene rings is 1. The van der Waals surface area contributed by atoms with Crippen LogP contribution in [0.15, 0.2) is 24.3 Å². The SMILES string of the molecule is CCOC(=O)CC(=N)Cc1cccc(OC)c1. The van der Waals surface area contributed by atoms with Crippen LogP contribution < -0.4 is 4.74 Å². The van der Waals surface area contributed by atoms with Crippen molar-refractivity contribution in [3.05, 3.63) is 29.8 Å². The van der Waals surface area contributed by atoms with E-state index in [1.54, 1.807) is 14.0 Å². The van der Waals surface area contributed by atoms with Crippen LogP contribution in [-0.2, 0) is 16.0 Å². The van der Waals surface area contributed by atoms with E-state index < -0.39 is 0 Å². The van der Waals surface area contributed by atoms with Crippen molar-refractivity contribution in [2.45, 2.75) is 19.8 Å². The second-order valence-electron chi connectivity index (χ2n) is 3.61. The molecular weight excluding hydrogens is 218 g/mol. The molecule has 0 aliphatic heterocycles. The maximum Gasteiger partial charge on any atom is 0.311 e. The summed E-state index contributed by atoms with van der Waals surface area (Å²) >= 11 is 0. The van der Waals surface area contributed by atoms with Crippen LogP contribution in [0, 0.1) is 5.41 Å². The Morgan fingerprint density at radius 3 is 2.82 bits per heavy atom. The van der Waals surface area contributed by atoms with Crippen molar-refractivity contribution in [3.8, 4) is 5.75 Å². The Balaban J connectivity index is 2.52. The molecule has 0 radical (unpaired) electrons. The molecule has 92 valence electrons. The monoisotopic (exact) mass is 235 g/mol. The molecule has 0 fully saturated rings. The van der Waals surface area contributed by atoms with E-state index in [2.05, 4.69) is 0 Å². The largest absolute Gasteiger partial charge is 0.497 e. The summed E-state index contributed by atoms with van der Waals surface area (Å²) in [6.45, 7) is 2.11. The van der Waals surface area contributed by atoms with Crippen LogP contribution in [0.25, 0.3) is 0 Å². The molecule has 0 amide bonds. The lowest BCUT2D eigenvalue weighted by molar-refractivity contribution is -0.141. The second kappa shape index (κ2) is 6.68. The summed E-state index contributed by atoms with van der Waals surface area (Å²) in [5.74, 6) is 0.409. The van der Waals surface area contributed by atoms with Gasteiger partial charge in [0, 0.05) is 12.1 Å². The summed E-state index contributed by atoms with van der Waals surface area (Å²) in [5.41, 5.74) is 1.30. The molecule has 0 spiro atoms. The molecule has 17 heavy (non-hydrogen) atoms. The fourth-order valence-corrected chi connectivity index (χ4v) is 1.48. The molecule has 0 saturated heterocycles. The first-order valence-electron chi connectivity index (χ1n) is 5.50. The van der Waals surface area contributed by atoms with Crippen LogP contribution in [0.4, 0.5) is 0 Å². The fourth-order valence-electron chi connectivity index (χ4n) is 1.48. The van der Waals surface area contributed by atoms with Crippen LogP contribution in [0.3, 0.4) is 0 Å². The Kier molecular flexibility index (Phi) is 5.20. The van der Waals surface area contributed by atoms with E-state index in [0.717, 1.165) is 11.3 Å². The van der Waals surface area contributed by atoms with Gasteiger partial charge in [-0.1, -0.05) is 12.1 Å². The zero-order valence-corrected chi connectivity index (χ0v) is 10.2. The van der Waals surface area contributed by atoms with E-state index in [0.29, 0.717) is 18.7 Å². The lowest BCUT2D eigenvalue weighted by atomic mass is 10.1. The summed E-state index contributed by atoms with van der Waals surface area (Å²) in [5, 5.41) is 7.72. The van der Waals surface area contributed by atoms with Gasteiger partial charge in [-0.15, -0.1) is 0 Å². The number of ether oxygens (including phenoxy) is 2. The summed E-state index contributed by atoms with van der Waals surface area (Å²) in [6, 6.07) is 7.48. The molecule has 0 saturated carbocycles. The number of methoxy groups -OCH3 is 1. The maximum absolute atomic E-state index is 11.2. The van der Waals surface area contributed by atoms with E-state index in [4.69, 9.17) is 14.9 Å². The summed E-state index contributed by atoms with van der Waals surface area (Å²) < 4.78 is 9.88. The van der Waals surface area contributed by atoms with Gasteiger partial charge in [0.2, 0.25) is 0 Å². The van der Waals surface area contributed by atoms with E-state index in [1.165, 1.54) is 0 Å². The van der Waals surface area contributed by atoms with E-state index in [1.807, 2.05) is 24.3 Å². The van der Waals surface area contributed by atoms with Gasteiger partial charge in [-0.3, -0.25) is 4.79 Å². The average Bonchev–Trinajstić information content (AvgIpc) is 2.29. The summed E-state index contributed by atoms with van der Waals surface area (Å²) in [6.07, 6.45) is 0.487. The van der Waals surface area contributed by atoms with Crippen LogP contribution >= 0.6 is 0 Å². The van der Waals surface area contributed by atoms with Gasteiger partial charge in [0.1, 0.15) is 5.75 Å². The lowest BCUT2D eigenvalue weighted by Crippen LogP contribution is -2.12. The number of carbonyl (C=O) groups excluding carboxylic acids is 1. The molecule has 0 aromatic heterocycles. The Morgan fingerprint density at radius 2 is 2.18 bits per heavy atom. The molecule has 0 bridgehead atoms. The molecule has 1 aromatic rings. The standard InChI is InChI=1S/C13H17NO3/c1-3-17-13(15)9-11(14)7-10-5-4-6-12(8-10)16-2/h4-6,8,14H,3,7,9H2,1-2H3. The normalized spacial score (nSPS) is 9.76. The van der Waals surface area contributed by atoms with Crippen molar-refractivity contribution in [1.82, 2.24) is 0 Å². The zero-order chi connectivity index (χ0) is 12.7. The molecule has 0 aliphatic carbocycles. The highest BCUT2D eigenvalue weighted by Crippen LogP contribution is 2.13. The molecule has 0 aliphatic rings. The van der Waals surface area contributed by atoms with Gasteiger partial charge in [0.05, 0.1) is 20.1 Å². The van der Waals surface area contributed by atoms with Crippen LogP contribution in [0.2, 0.25) is 0 Å². The van der Waals surface area contributed by atoms with Crippen LogP contribution in [0.5, 0.6) is 5.75 Å².